The van der Waals surface area contributed by atoms with E-state index in [9.17, 15) is 5.11 Å². The highest BCUT2D eigenvalue weighted by Crippen LogP contribution is 2.31. The van der Waals surface area contributed by atoms with Crippen LogP contribution in [0.25, 0.3) is 0 Å². The van der Waals surface area contributed by atoms with E-state index in [1.165, 1.54) is 11.3 Å². The van der Waals surface area contributed by atoms with Gasteiger partial charge in [0.2, 0.25) is 0 Å². The molecule has 0 aromatic carbocycles. The van der Waals surface area contributed by atoms with Gasteiger partial charge in [0.15, 0.2) is 0 Å². The summed E-state index contributed by atoms with van der Waals surface area (Å²) in [5.74, 6) is 0. The third-order valence-corrected chi connectivity index (χ3v) is 3.79. The molecule has 2 nitrogen and oxygen atoms in total. The molecule has 1 fully saturated rings. The Morgan fingerprint density at radius 1 is 1.54 bits per heavy atom. The smallest absolute Gasteiger partial charge is 0.123 e. The van der Waals surface area contributed by atoms with Crippen LogP contribution in [0.2, 0.25) is 0 Å². The fourth-order valence-electron chi connectivity index (χ4n) is 1.54. The van der Waals surface area contributed by atoms with E-state index in [-0.39, 0.29) is 0 Å². The first-order chi connectivity index (χ1) is 6.24. The molecule has 1 aromatic heterocycles. The molecule has 1 aliphatic rings. The fourth-order valence-corrected chi connectivity index (χ4v) is 2.74. The molecule has 3 heteroatoms. The molecule has 1 saturated heterocycles. The average Bonchev–Trinajstić information content (AvgIpc) is 2.50. The summed E-state index contributed by atoms with van der Waals surface area (Å²) in [6.45, 7) is 3.59. The Bertz CT molecular complexity index is 291. The van der Waals surface area contributed by atoms with Gasteiger partial charge in [-0.05, 0) is 18.6 Å². The van der Waals surface area contributed by atoms with Gasteiger partial charge < -0.3 is 10.4 Å². The van der Waals surface area contributed by atoms with Crippen molar-refractivity contribution in [2.24, 2.45) is 0 Å². The number of aliphatic hydroxyl groups is 1. The minimum atomic E-state index is -0.559. The molecule has 2 heterocycles. The Morgan fingerprint density at radius 2 is 2.31 bits per heavy atom. The highest BCUT2D eigenvalue weighted by Gasteiger charge is 2.37. The van der Waals surface area contributed by atoms with E-state index < -0.39 is 5.60 Å². The van der Waals surface area contributed by atoms with Crippen LogP contribution in [0.5, 0.6) is 0 Å². The van der Waals surface area contributed by atoms with Gasteiger partial charge in [0.25, 0.3) is 0 Å². The second kappa shape index (κ2) is 3.40. The quantitative estimate of drug-likeness (QED) is 0.769. The molecule has 1 aliphatic heterocycles. The van der Waals surface area contributed by atoms with E-state index >= 15 is 0 Å². The maximum atomic E-state index is 10.0. The molecule has 2 rings (SSSR count). The first-order valence-corrected chi connectivity index (χ1v) is 5.58. The standard InChI is InChI=1S/C10H15NOS/c1-2-3-8-4-5-9(13-8)10(12)6-11-7-10/h4-5,11-12H,2-3,6-7H2,1H3. The van der Waals surface area contributed by atoms with Crippen LogP contribution in [0, 0.1) is 0 Å². The van der Waals surface area contributed by atoms with Crippen molar-refractivity contribution in [3.63, 3.8) is 0 Å². The number of rotatable bonds is 3. The summed E-state index contributed by atoms with van der Waals surface area (Å²) >= 11 is 1.75. The van der Waals surface area contributed by atoms with Crippen LogP contribution in [-0.4, -0.2) is 18.2 Å². The van der Waals surface area contributed by atoms with Gasteiger partial charge in [0.1, 0.15) is 5.60 Å². The lowest BCUT2D eigenvalue weighted by atomic mass is 9.95. The molecule has 1 aromatic rings. The monoisotopic (exact) mass is 197 g/mol. The van der Waals surface area contributed by atoms with Crippen LogP contribution < -0.4 is 5.32 Å². The number of β-amino-alcohol motifs (C(OH)–C–C–N with tert-alkyl or cyclic N) is 1. The van der Waals surface area contributed by atoms with Crippen LogP contribution in [0.4, 0.5) is 0 Å². The van der Waals surface area contributed by atoms with Crippen LogP contribution in [-0.2, 0) is 12.0 Å². The molecule has 72 valence electrons. The summed E-state index contributed by atoms with van der Waals surface area (Å²) in [4.78, 5) is 2.51. The van der Waals surface area contributed by atoms with Crippen molar-refractivity contribution in [3.05, 3.63) is 21.9 Å². The summed E-state index contributed by atoms with van der Waals surface area (Å²) in [6, 6.07) is 4.20. The topological polar surface area (TPSA) is 32.3 Å². The Kier molecular flexibility index (Phi) is 2.41. The van der Waals surface area contributed by atoms with E-state index in [1.54, 1.807) is 11.3 Å². The highest BCUT2D eigenvalue weighted by molar-refractivity contribution is 7.12. The molecule has 0 saturated carbocycles. The second-order valence-corrected chi connectivity index (χ2v) is 4.82. The van der Waals surface area contributed by atoms with Crippen molar-refractivity contribution in [2.75, 3.05) is 13.1 Å². The van der Waals surface area contributed by atoms with Crippen molar-refractivity contribution >= 4 is 11.3 Å². The Hall–Kier alpha value is -0.380. The zero-order valence-corrected chi connectivity index (χ0v) is 8.66. The van der Waals surface area contributed by atoms with E-state index in [0.29, 0.717) is 13.1 Å². The lowest BCUT2D eigenvalue weighted by Gasteiger charge is -2.36. The fraction of sp³-hybridized carbons (Fsp3) is 0.600. The zero-order chi connectivity index (χ0) is 9.31. The van der Waals surface area contributed by atoms with E-state index in [1.807, 2.05) is 0 Å². The van der Waals surface area contributed by atoms with Gasteiger partial charge in [-0.15, -0.1) is 11.3 Å². The maximum absolute atomic E-state index is 10.0. The number of hydrogen-bond donors (Lipinski definition) is 2. The van der Waals surface area contributed by atoms with Gasteiger partial charge >= 0.3 is 0 Å². The summed E-state index contributed by atoms with van der Waals surface area (Å²) in [5, 5.41) is 13.1. The van der Waals surface area contributed by atoms with Gasteiger partial charge in [-0.3, -0.25) is 0 Å². The summed E-state index contributed by atoms with van der Waals surface area (Å²) in [6.07, 6.45) is 2.31. The molecule has 0 radical (unpaired) electrons. The molecule has 0 bridgehead atoms. The number of aryl methyl sites for hydroxylation is 1. The zero-order valence-electron chi connectivity index (χ0n) is 7.84. The maximum Gasteiger partial charge on any atom is 0.123 e. The van der Waals surface area contributed by atoms with E-state index in [0.717, 1.165) is 11.3 Å². The molecule has 0 spiro atoms. The predicted octanol–water partition coefficient (Wildman–Crippen LogP) is 1.49. The van der Waals surface area contributed by atoms with Gasteiger partial charge in [0, 0.05) is 22.8 Å². The Labute approximate surface area is 82.6 Å². The first-order valence-electron chi connectivity index (χ1n) is 4.77. The van der Waals surface area contributed by atoms with Crippen LogP contribution >= 0.6 is 11.3 Å². The lowest BCUT2D eigenvalue weighted by molar-refractivity contribution is -0.0112. The van der Waals surface area contributed by atoms with Crippen LogP contribution in [0.15, 0.2) is 12.1 Å². The van der Waals surface area contributed by atoms with Gasteiger partial charge in [-0.2, -0.15) is 0 Å². The lowest BCUT2D eigenvalue weighted by Crippen LogP contribution is -2.56. The first kappa shape index (κ1) is 9.19. The Balaban J connectivity index is 2.12. The van der Waals surface area contributed by atoms with Crippen molar-refractivity contribution in [1.82, 2.24) is 5.32 Å². The number of nitrogens with one attached hydrogen (secondary N) is 1. The van der Waals surface area contributed by atoms with Crippen molar-refractivity contribution in [2.45, 2.75) is 25.4 Å². The third-order valence-electron chi connectivity index (χ3n) is 2.45. The minimum absolute atomic E-state index is 0.559. The molecular formula is C10H15NOS. The SMILES string of the molecule is CCCc1ccc(C2(O)CNC2)s1. The summed E-state index contributed by atoms with van der Waals surface area (Å²) in [7, 11) is 0. The van der Waals surface area contributed by atoms with Crippen molar-refractivity contribution < 1.29 is 5.11 Å². The van der Waals surface area contributed by atoms with Crippen molar-refractivity contribution in [3.8, 4) is 0 Å². The average molecular weight is 197 g/mol. The van der Waals surface area contributed by atoms with Gasteiger partial charge in [-0.25, -0.2) is 0 Å². The van der Waals surface area contributed by atoms with Crippen molar-refractivity contribution in [1.29, 1.82) is 0 Å². The molecular weight excluding hydrogens is 182 g/mol. The van der Waals surface area contributed by atoms with Crippen LogP contribution in [0.3, 0.4) is 0 Å². The predicted molar refractivity (Wildman–Crippen MR) is 55.1 cm³/mol. The third kappa shape index (κ3) is 1.64. The largest absolute Gasteiger partial charge is 0.382 e. The molecule has 13 heavy (non-hydrogen) atoms. The molecule has 0 amide bonds. The van der Waals surface area contributed by atoms with E-state index in [2.05, 4.69) is 24.4 Å². The van der Waals surface area contributed by atoms with Crippen LogP contribution in [0.1, 0.15) is 23.1 Å². The van der Waals surface area contributed by atoms with Gasteiger partial charge in [0.05, 0.1) is 0 Å². The highest BCUT2D eigenvalue weighted by atomic mass is 32.1. The van der Waals surface area contributed by atoms with Gasteiger partial charge in [-0.1, -0.05) is 13.3 Å². The molecule has 0 unspecified atom stereocenters. The summed E-state index contributed by atoms with van der Waals surface area (Å²) < 4.78 is 0. The normalized spacial score (nSPS) is 19.8. The number of hydrogen-bond acceptors (Lipinski definition) is 3. The molecule has 0 aliphatic carbocycles. The number of thiophene rings is 1. The minimum Gasteiger partial charge on any atom is -0.382 e. The molecule has 2 N–H and O–H groups in total. The Morgan fingerprint density at radius 3 is 2.85 bits per heavy atom. The summed E-state index contributed by atoms with van der Waals surface area (Å²) in [5.41, 5.74) is -0.559. The second-order valence-electron chi connectivity index (χ2n) is 3.65. The van der Waals surface area contributed by atoms with E-state index in [4.69, 9.17) is 0 Å². The molecule has 0 atom stereocenters.